The lowest BCUT2D eigenvalue weighted by molar-refractivity contribution is 0.268. The SMILES string of the molecule is CC1(CCCO)Nc2ccc(Cl)cc2-n2c1cc1ccccc12. The quantitative estimate of drug-likeness (QED) is 0.732. The summed E-state index contributed by atoms with van der Waals surface area (Å²) in [6.45, 7) is 2.40. The number of rotatable bonds is 3. The minimum atomic E-state index is -0.220. The zero-order valence-electron chi connectivity index (χ0n) is 13.0. The van der Waals surface area contributed by atoms with E-state index in [4.69, 9.17) is 11.6 Å². The number of aromatic nitrogens is 1. The van der Waals surface area contributed by atoms with Crippen molar-refractivity contribution in [2.75, 3.05) is 11.9 Å². The highest BCUT2D eigenvalue weighted by Crippen LogP contribution is 2.43. The number of fused-ring (bicyclic) bond motifs is 5. The van der Waals surface area contributed by atoms with Crippen molar-refractivity contribution >= 4 is 28.2 Å². The molecule has 1 unspecified atom stereocenters. The molecule has 0 spiro atoms. The topological polar surface area (TPSA) is 37.2 Å². The third-order valence-corrected chi connectivity index (χ3v) is 4.96. The zero-order chi connectivity index (χ0) is 16.0. The number of hydrogen-bond donors (Lipinski definition) is 2. The smallest absolute Gasteiger partial charge is 0.0753 e. The maximum Gasteiger partial charge on any atom is 0.0753 e. The Morgan fingerprint density at radius 2 is 2.00 bits per heavy atom. The van der Waals surface area contributed by atoms with E-state index in [1.54, 1.807) is 0 Å². The molecule has 0 bridgehead atoms. The van der Waals surface area contributed by atoms with Crippen LogP contribution in [0.1, 0.15) is 25.5 Å². The summed E-state index contributed by atoms with van der Waals surface area (Å²) in [6.07, 6.45) is 1.62. The number of nitrogens with zero attached hydrogens (tertiary/aromatic N) is 1. The number of hydrogen-bond acceptors (Lipinski definition) is 2. The largest absolute Gasteiger partial charge is 0.396 e. The molecule has 0 saturated carbocycles. The van der Waals surface area contributed by atoms with Gasteiger partial charge in [-0.25, -0.2) is 0 Å². The Labute approximate surface area is 140 Å². The maximum atomic E-state index is 9.28. The second-order valence-electron chi connectivity index (χ2n) is 6.37. The van der Waals surface area contributed by atoms with Gasteiger partial charge in [-0.15, -0.1) is 0 Å². The molecule has 4 rings (SSSR count). The van der Waals surface area contributed by atoms with Crippen LogP contribution >= 0.6 is 11.6 Å². The summed E-state index contributed by atoms with van der Waals surface area (Å²) in [5, 5.41) is 14.9. The molecule has 3 aromatic rings. The highest BCUT2D eigenvalue weighted by Gasteiger charge is 2.35. The summed E-state index contributed by atoms with van der Waals surface area (Å²) in [4.78, 5) is 0. The van der Waals surface area contributed by atoms with Crippen LogP contribution in [0.5, 0.6) is 0 Å². The lowest BCUT2D eigenvalue weighted by atomic mass is 9.89. The first-order valence-corrected chi connectivity index (χ1v) is 8.30. The van der Waals surface area contributed by atoms with Crippen molar-refractivity contribution in [3.63, 3.8) is 0 Å². The lowest BCUT2D eigenvalue weighted by Gasteiger charge is -2.38. The van der Waals surface area contributed by atoms with Crippen LogP contribution in [0.4, 0.5) is 5.69 Å². The molecule has 1 aliphatic heterocycles. The fourth-order valence-electron chi connectivity index (χ4n) is 3.60. The number of aliphatic hydroxyl groups is 1. The van der Waals surface area contributed by atoms with Gasteiger partial charge in [-0.1, -0.05) is 29.8 Å². The van der Waals surface area contributed by atoms with Crippen LogP contribution in [0.25, 0.3) is 16.6 Å². The van der Waals surface area contributed by atoms with Gasteiger partial charge >= 0.3 is 0 Å². The molecule has 118 valence electrons. The molecular formula is C19H19ClN2O. The summed E-state index contributed by atoms with van der Waals surface area (Å²) >= 11 is 6.24. The highest BCUT2D eigenvalue weighted by molar-refractivity contribution is 6.30. The lowest BCUT2D eigenvalue weighted by Crippen LogP contribution is -2.38. The average Bonchev–Trinajstić information content (AvgIpc) is 2.95. The number of aliphatic hydroxyl groups excluding tert-OH is 1. The highest BCUT2D eigenvalue weighted by atomic mass is 35.5. The molecule has 0 radical (unpaired) electrons. The molecule has 0 saturated heterocycles. The molecule has 3 nitrogen and oxygen atoms in total. The Kier molecular flexibility index (Phi) is 3.36. The molecule has 0 aliphatic carbocycles. The van der Waals surface area contributed by atoms with Gasteiger partial charge in [0.05, 0.1) is 22.4 Å². The average molecular weight is 327 g/mol. The first kappa shape index (κ1) is 14.6. The second-order valence-corrected chi connectivity index (χ2v) is 6.81. The molecule has 0 fully saturated rings. The van der Waals surface area contributed by atoms with Gasteiger partial charge < -0.3 is 15.0 Å². The summed E-state index contributed by atoms with van der Waals surface area (Å²) in [7, 11) is 0. The molecule has 4 heteroatoms. The van der Waals surface area contributed by atoms with Crippen molar-refractivity contribution in [2.24, 2.45) is 0 Å². The van der Waals surface area contributed by atoms with Crippen LogP contribution in [0.3, 0.4) is 0 Å². The van der Waals surface area contributed by atoms with Crippen molar-refractivity contribution in [3.8, 4) is 5.69 Å². The fourth-order valence-corrected chi connectivity index (χ4v) is 3.77. The van der Waals surface area contributed by atoms with Crippen LogP contribution in [-0.2, 0) is 5.54 Å². The Balaban J connectivity index is 2.02. The van der Waals surface area contributed by atoms with Gasteiger partial charge in [-0.2, -0.15) is 0 Å². The number of nitrogens with one attached hydrogen (secondary N) is 1. The third-order valence-electron chi connectivity index (χ3n) is 4.72. The first-order valence-electron chi connectivity index (χ1n) is 7.92. The standard InChI is InChI=1S/C19H19ClN2O/c1-19(9-4-10-23)18-11-13-5-2-3-6-16(13)22(18)17-12-14(20)7-8-15(17)21-19/h2-3,5-8,11-12,21,23H,4,9-10H2,1H3. The molecule has 2 aromatic carbocycles. The summed E-state index contributed by atoms with van der Waals surface area (Å²) in [5.41, 5.74) is 4.33. The van der Waals surface area contributed by atoms with Crippen molar-refractivity contribution < 1.29 is 5.11 Å². The van der Waals surface area contributed by atoms with Gasteiger partial charge in [-0.05, 0) is 50.1 Å². The Bertz CT molecular complexity index is 886. The Morgan fingerprint density at radius 1 is 1.17 bits per heavy atom. The minimum Gasteiger partial charge on any atom is -0.396 e. The van der Waals surface area contributed by atoms with Gasteiger partial charge in [0, 0.05) is 22.7 Å². The predicted molar refractivity (Wildman–Crippen MR) is 95.6 cm³/mol. The van der Waals surface area contributed by atoms with Crippen molar-refractivity contribution in [3.05, 3.63) is 59.2 Å². The van der Waals surface area contributed by atoms with E-state index in [1.165, 1.54) is 16.6 Å². The first-order chi connectivity index (χ1) is 11.1. The van der Waals surface area contributed by atoms with Gasteiger partial charge in [0.15, 0.2) is 0 Å². The van der Waals surface area contributed by atoms with Crippen LogP contribution in [0.2, 0.25) is 5.02 Å². The van der Waals surface area contributed by atoms with Gasteiger partial charge in [0.25, 0.3) is 0 Å². The van der Waals surface area contributed by atoms with Crippen molar-refractivity contribution in [2.45, 2.75) is 25.3 Å². The molecular weight excluding hydrogens is 308 g/mol. The van der Waals surface area contributed by atoms with E-state index >= 15 is 0 Å². The third kappa shape index (κ3) is 2.23. The van der Waals surface area contributed by atoms with Gasteiger partial charge in [0.1, 0.15) is 0 Å². The monoisotopic (exact) mass is 326 g/mol. The molecule has 1 atom stereocenters. The van der Waals surface area contributed by atoms with Gasteiger partial charge in [-0.3, -0.25) is 0 Å². The van der Waals surface area contributed by atoms with Crippen LogP contribution in [-0.4, -0.2) is 16.3 Å². The van der Waals surface area contributed by atoms with E-state index in [1.807, 2.05) is 18.2 Å². The Hall–Kier alpha value is -1.97. The van der Waals surface area contributed by atoms with E-state index in [9.17, 15) is 5.11 Å². The van der Waals surface area contributed by atoms with Crippen molar-refractivity contribution in [1.29, 1.82) is 0 Å². The number of anilines is 1. The van der Waals surface area contributed by atoms with Crippen molar-refractivity contribution in [1.82, 2.24) is 4.57 Å². The summed E-state index contributed by atoms with van der Waals surface area (Å²) in [6, 6.07) is 16.6. The maximum absolute atomic E-state index is 9.28. The second kappa shape index (κ2) is 5.29. The molecule has 2 heterocycles. The number of para-hydroxylation sites is 1. The molecule has 1 aliphatic rings. The number of halogens is 1. The molecule has 1 aromatic heterocycles. The number of benzene rings is 2. The Morgan fingerprint density at radius 3 is 2.83 bits per heavy atom. The predicted octanol–water partition coefficient (Wildman–Crippen LogP) is 4.70. The van der Waals surface area contributed by atoms with E-state index in [0.717, 1.165) is 29.2 Å². The van der Waals surface area contributed by atoms with Crippen LogP contribution < -0.4 is 5.32 Å². The minimum absolute atomic E-state index is 0.199. The van der Waals surface area contributed by atoms with Gasteiger partial charge in [0.2, 0.25) is 0 Å². The van der Waals surface area contributed by atoms with Crippen LogP contribution in [0, 0.1) is 0 Å². The van der Waals surface area contributed by atoms with E-state index in [0.29, 0.717) is 0 Å². The van der Waals surface area contributed by atoms with Crippen LogP contribution in [0.15, 0.2) is 48.5 Å². The molecule has 0 amide bonds. The summed E-state index contributed by atoms with van der Waals surface area (Å²) in [5.74, 6) is 0. The molecule has 23 heavy (non-hydrogen) atoms. The zero-order valence-corrected chi connectivity index (χ0v) is 13.8. The normalized spacial score (nSPS) is 19.3. The van der Waals surface area contributed by atoms with E-state index in [-0.39, 0.29) is 12.1 Å². The molecule has 2 N–H and O–H groups in total. The fraction of sp³-hybridized carbons (Fsp3) is 0.263. The summed E-state index contributed by atoms with van der Waals surface area (Å²) < 4.78 is 2.30. The van der Waals surface area contributed by atoms with E-state index < -0.39 is 0 Å². The van der Waals surface area contributed by atoms with E-state index in [2.05, 4.69) is 47.1 Å².